The first-order chi connectivity index (χ1) is 18.3. The number of nitrogens with one attached hydrogen (secondary N) is 2. The minimum atomic E-state index is -1.50. The van der Waals surface area contributed by atoms with E-state index in [0.29, 0.717) is 5.06 Å². The molecular weight excluding hydrogens is 529 g/mol. The first-order valence-corrected chi connectivity index (χ1v) is 12.9. The van der Waals surface area contributed by atoms with Gasteiger partial charge in [0.2, 0.25) is 0 Å². The highest BCUT2D eigenvalue weighted by Crippen LogP contribution is 2.31. The number of halogens is 2. The molecule has 2 aromatic carbocycles. The maximum Gasteiger partial charge on any atom is 0.330 e. The molecule has 0 saturated heterocycles. The molecule has 5 rings (SSSR count). The van der Waals surface area contributed by atoms with Crippen molar-refractivity contribution in [2.45, 2.75) is 31.8 Å². The van der Waals surface area contributed by atoms with Crippen LogP contribution in [0.4, 0.5) is 4.79 Å². The van der Waals surface area contributed by atoms with E-state index in [1.807, 2.05) is 24.3 Å². The quantitative estimate of drug-likeness (QED) is 0.249. The number of hydroxylamine groups is 2. The summed E-state index contributed by atoms with van der Waals surface area (Å²) >= 11 is 12.2. The summed E-state index contributed by atoms with van der Waals surface area (Å²) in [6.07, 6.45) is 1.60. The van der Waals surface area contributed by atoms with Crippen molar-refractivity contribution in [1.29, 1.82) is 0 Å². The summed E-state index contributed by atoms with van der Waals surface area (Å²) in [5, 5.41) is 15.9. The van der Waals surface area contributed by atoms with Crippen LogP contribution in [-0.4, -0.2) is 47.3 Å². The van der Waals surface area contributed by atoms with Crippen LogP contribution in [0.25, 0.3) is 11.1 Å². The molecule has 2 aromatic rings. The predicted molar refractivity (Wildman–Crippen MR) is 145 cm³/mol. The van der Waals surface area contributed by atoms with Crippen molar-refractivity contribution >= 4 is 41.1 Å². The van der Waals surface area contributed by atoms with Gasteiger partial charge in [0, 0.05) is 0 Å². The fraction of sp³-hybridized carbons (Fsp3) is 0.250. The molecule has 0 bridgehead atoms. The normalized spacial score (nSPS) is 14.9. The molecule has 2 atom stereocenters. The average molecular weight is 556 g/mol. The number of benzene rings is 3. The van der Waals surface area contributed by atoms with E-state index in [0.717, 1.165) is 18.4 Å². The minimum Gasteiger partial charge on any atom is -0.480 e. The Morgan fingerprint density at radius 3 is 2.18 bits per heavy atom. The van der Waals surface area contributed by atoms with Gasteiger partial charge in [-0.3, -0.25) is 9.63 Å². The van der Waals surface area contributed by atoms with E-state index in [1.165, 1.54) is 28.8 Å². The van der Waals surface area contributed by atoms with Gasteiger partial charge < -0.3 is 15.7 Å². The molecule has 3 amide bonds. The van der Waals surface area contributed by atoms with E-state index in [-0.39, 0.29) is 34.8 Å². The predicted octanol–water partition coefficient (Wildman–Crippen LogP) is 5.49. The lowest BCUT2D eigenvalue weighted by molar-refractivity contribution is -0.173. The molecular formula is C28H27Cl2N3O5. The van der Waals surface area contributed by atoms with Crippen molar-refractivity contribution in [3.63, 3.8) is 0 Å². The molecule has 0 aromatic heterocycles. The highest BCUT2D eigenvalue weighted by atomic mass is 35.5. The monoisotopic (exact) mass is 555 g/mol. The number of carbonyl (C=O) groups excluding carboxylic acids is 2. The summed E-state index contributed by atoms with van der Waals surface area (Å²) < 4.78 is 0. The van der Waals surface area contributed by atoms with Gasteiger partial charge in [-0.05, 0) is 54.2 Å². The molecule has 0 saturated carbocycles. The Hall–Kier alpha value is -3.59. The highest BCUT2D eigenvalue weighted by Gasteiger charge is 2.34. The lowest BCUT2D eigenvalue weighted by Crippen LogP contribution is -2.52. The van der Waals surface area contributed by atoms with Crippen LogP contribution in [0.1, 0.15) is 40.9 Å². The molecule has 0 heterocycles. The highest BCUT2D eigenvalue weighted by molar-refractivity contribution is 6.39. The second kappa shape index (κ2) is 12.3. The number of rotatable bonds is 8. The van der Waals surface area contributed by atoms with E-state index in [1.54, 1.807) is 13.0 Å². The third-order valence-electron chi connectivity index (χ3n) is 6.33. The zero-order chi connectivity index (χ0) is 27.2. The van der Waals surface area contributed by atoms with Crippen molar-refractivity contribution < 1.29 is 24.3 Å². The van der Waals surface area contributed by atoms with Gasteiger partial charge in [0.15, 0.2) is 6.04 Å². The van der Waals surface area contributed by atoms with Crippen molar-refractivity contribution in [1.82, 2.24) is 15.7 Å². The Morgan fingerprint density at radius 1 is 1.00 bits per heavy atom. The summed E-state index contributed by atoms with van der Waals surface area (Å²) in [5.41, 5.74) is 4.98. The first-order valence-electron chi connectivity index (χ1n) is 12.2. The van der Waals surface area contributed by atoms with Gasteiger partial charge in [0.05, 0.1) is 34.8 Å². The van der Waals surface area contributed by atoms with Gasteiger partial charge in [-0.1, -0.05) is 77.8 Å². The standard InChI is InChI=1S/C22H23Cl2N3O5.C6H4/c1-2-32-27(20(28)19-15(23)8-5-9-16(19)24)18(21(29)30)12-25-22(31)26-17-11-10-13-6-3-4-7-14(13)17;1-2-6-4-3-5(1)6/h3-9,17-18H,2,10-12H2,1H3,(H,29,30)(H2,25,26,31);1-4H/t17-,18?;/m1./s1. The second-order valence-corrected chi connectivity index (χ2v) is 9.54. The van der Waals surface area contributed by atoms with Gasteiger partial charge in [-0.2, -0.15) is 0 Å². The summed E-state index contributed by atoms with van der Waals surface area (Å²) in [4.78, 5) is 42.7. The van der Waals surface area contributed by atoms with Gasteiger partial charge >= 0.3 is 12.0 Å². The van der Waals surface area contributed by atoms with Crippen LogP contribution in [-0.2, 0) is 16.1 Å². The van der Waals surface area contributed by atoms with E-state index in [9.17, 15) is 19.5 Å². The first kappa shape index (κ1) is 27.4. The Labute approximate surface area is 230 Å². The number of hydrogen-bond acceptors (Lipinski definition) is 4. The SMILES string of the molecule is CCON(C(=O)c1c(Cl)cccc1Cl)C(CNC(=O)N[C@@H]1CCc2ccccc21)C(=O)O.c1cc2ccc1-2. The molecule has 38 heavy (non-hydrogen) atoms. The number of carboxylic acids is 1. The lowest BCUT2D eigenvalue weighted by atomic mass is 9.95. The molecule has 0 radical (unpaired) electrons. The fourth-order valence-electron chi connectivity index (χ4n) is 4.28. The average Bonchev–Trinajstić information content (AvgIpc) is 3.28. The van der Waals surface area contributed by atoms with Crippen LogP contribution in [0.15, 0.2) is 66.7 Å². The third kappa shape index (κ3) is 6.10. The topological polar surface area (TPSA) is 108 Å². The molecule has 8 nitrogen and oxygen atoms in total. The fourth-order valence-corrected chi connectivity index (χ4v) is 4.84. The van der Waals surface area contributed by atoms with E-state index in [2.05, 4.69) is 34.9 Å². The van der Waals surface area contributed by atoms with E-state index >= 15 is 0 Å². The minimum absolute atomic E-state index is 0.0165. The Morgan fingerprint density at radius 2 is 1.63 bits per heavy atom. The number of fused-ring (bicyclic) bond motifs is 2. The summed E-state index contributed by atoms with van der Waals surface area (Å²) in [6.45, 7) is 1.23. The number of aliphatic carboxylic acids is 1. The third-order valence-corrected chi connectivity index (χ3v) is 6.96. The maximum atomic E-state index is 13.0. The maximum absolute atomic E-state index is 13.0. The molecule has 3 aliphatic carbocycles. The smallest absolute Gasteiger partial charge is 0.330 e. The van der Waals surface area contributed by atoms with Crippen LogP contribution in [0.2, 0.25) is 10.0 Å². The number of hydrogen-bond donors (Lipinski definition) is 3. The van der Waals surface area contributed by atoms with Crippen molar-refractivity contribution in [3.05, 3.63) is 93.5 Å². The molecule has 0 aliphatic heterocycles. The van der Waals surface area contributed by atoms with E-state index < -0.39 is 23.9 Å². The van der Waals surface area contributed by atoms with Crippen LogP contribution in [0, 0.1) is 0 Å². The number of aryl methyl sites for hydroxylation is 1. The number of carboxylic acid groups (broad SMARTS) is 1. The van der Waals surface area contributed by atoms with Crippen molar-refractivity contribution in [2.75, 3.05) is 13.2 Å². The van der Waals surface area contributed by atoms with Gasteiger partial charge in [-0.15, -0.1) is 0 Å². The van der Waals surface area contributed by atoms with Crippen molar-refractivity contribution in [2.24, 2.45) is 0 Å². The zero-order valence-corrected chi connectivity index (χ0v) is 22.1. The molecule has 0 fully saturated rings. The Bertz CT molecular complexity index is 1290. The van der Waals surface area contributed by atoms with E-state index in [4.69, 9.17) is 28.0 Å². The number of nitrogens with zero attached hydrogens (tertiary/aromatic N) is 1. The molecule has 3 aliphatic rings. The van der Waals surface area contributed by atoms with Gasteiger partial charge in [0.25, 0.3) is 5.91 Å². The Balaban J connectivity index is 0.000000483. The molecule has 198 valence electrons. The summed E-state index contributed by atoms with van der Waals surface area (Å²) in [7, 11) is 0. The van der Waals surface area contributed by atoms with Gasteiger partial charge in [-0.25, -0.2) is 14.7 Å². The largest absolute Gasteiger partial charge is 0.480 e. The Kier molecular flexibility index (Phi) is 8.89. The van der Waals surface area contributed by atoms with Crippen LogP contribution < -0.4 is 10.6 Å². The molecule has 3 N–H and O–H groups in total. The second-order valence-electron chi connectivity index (χ2n) is 8.72. The molecule has 1 unspecified atom stereocenters. The summed E-state index contributed by atoms with van der Waals surface area (Å²) in [6, 6.07) is 18.6. The number of carbonyl (C=O) groups is 3. The molecule has 0 spiro atoms. The van der Waals surface area contributed by atoms with Crippen LogP contribution in [0.5, 0.6) is 0 Å². The summed E-state index contributed by atoms with van der Waals surface area (Å²) in [5.74, 6) is -2.18. The van der Waals surface area contributed by atoms with Crippen molar-refractivity contribution in [3.8, 4) is 11.1 Å². The number of amides is 3. The van der Waals surface area contributed by atoms with Crippen LogP contribution in [0.3, 0.4) is 0 Å². The van der Waals surface area contributed by atoms with Crippen LogP contribution >= 0.6 is 23.2 Å². The molecule has 10 heteroatoms. The number of urea groups is 1. The lowest BCUT2D eigenvalue weighted by Gasteiger charge is -2.28. The zero-order valence-electron chi connectivity index (χ0n) is 20.6. The van der Waals surface area contributed by atoms with Gasteiger partial charge in [0.1, 0.15) is 0 Å².